The van der Waals surface area contributed by atoms with Crippen molar-refractivity contribution >= 4 is 11.8 Å². The quantitative estimate of drug-likeness (QED) is 0.293. The van der Waals surface area contributed by atoms with Crippen LogP contribution >= 0.6 is 0 Å². The Bertz CT molecular complexity index is 1430. The van der Waals surface area contributed by atoms with E-state index in [4.69, 9.17) is 47.4 Å². The van der Waals surface area contributed by atoms with Gasteiger partial charge in [-0.25, -0.2) is 0 Å². The molecular weight excluding hydrogens is 684 g/mol. The van der Waals surface area contributed by atoms with Crippen molar-refractivity contribution < 1.29 is 57.0 Å². The van der Waals surface area contributed by atoms with Crippen molar-refractivity contribution in [2.75, 3.05) is 13.7 Å². The molecule has 0 saturated carbocycles. The third-order valence-electron chi connectivity index (χ3n) is 13.9. The molecular formula is C41H58O12. The zero-order chi connectivity index (χ0) is 36.6. The van der Waals surface area contributed by atoms with Crippen molar-refractivity contribution in [2.45, 2.75) is 195 Å². The summed E-state index contributed by atoms with van der Waals surface area (Å²) in [5.41, 5.74) is 2.17. The molecule has 10 rings (SSSR count). The Balaban J connectivity index is 0.991. The maximum absolute atomic E-state index is 14.1. The first-order valence-corrected chi connectivity index (χ1v) is 20.4. The van der Waals surface area contributed by atoms with Crippen molar-refractivity contribution in [1.29, 1.82) is 0 Å². The minimum Gasteiger partial charge on any atom is -0.466 e. The first kappa shape index (κ1) is 36.9. The Labute approximate surface area is 312 Å². The first-order chi connectivity index (χ1) is 25.6. The maximum atomic E-state index is 14.1. The Morgan fingerprint density at radius 1 is 0.774 bits per heavy atom. The zero-order valence-corrected chi connectivity index (χ0v) is 31.5. The predicted octanol–water partition coefficient (Wildman–Crippen LogP) is 4.68. The van der Waals surface area contributed by atoms with Crippen molar-refractivity contribution in [1.82, 2.24) is 0 Å². The number of rotatable bonds is 4. The molecule has 0 unspecified atom stereocenters. The van der Waals surface area contributed by atoms with Crippen LogP contribution in [-0.2, 0) is 57.0 Å². The minimum atomic E-state index is -0.788. The van der Waals surface area contributed by atoms with Gasteiger partial charge in [0, 0.05) is 45.1 Å². The van der Waals surface area contributed by atoms with Crippen molar-refractivity contribution in [3.05, 3.63) is 24.3 Å². The van der Waals surface area contributed by atoms with E-state index in [0.29, 0.717) is 25.7 Å². The van der Waals surface area contributed by atoms with E-state index in [1.807, 2.05) is 0 Å². The van der Waals surface area contributed by atoms with Gasteiger partial charge < -0.3 is 47.4 Å². The van der Waals surface area contributed by atoms with Gasteiger partial charge in [-0.1, -0.05) is 20.1 Å². The van der Waals surface area contributed by atoms with E-state index < -0.39 is 18.0 Å². The molecule has 1 spiro atoms. The maximum Gasteiger partial charge on any atom is 0.308 e. The summed E-state index contributed by atoms with van der Waals surface area (Å²) in [5.74, 6) is -1.07. The topological polar surface area (TPSA) is 126 Å². The lowest BCUT2D eigenvalue weighted by Crippen LogP contribution is -2.61. The standard InChI is InChI=1S/C41H58O12/c1-6-45-34(43)18-32-35(44-5)27-16-23(42)15-25-8-10-29-36(48-25)40-39-38(50-29)37-33(51-39)19-41(52-37,53-40)12-11-26-14-21(3)28(46-26)9-7-24-13-20(2)22(4)30(47-24)17-31(27)49-32/h20,24-33,35-40H,3-4,6-19H2,1-2,5H3/t20-,24+,25-,26+,27+,28+,29+,30-,31+,32-,33-,35-,36+,37+,38+,39-,40+,41+/m1/s1. The largest absolute Gasteiger partial charge is 0.466 e. The summed E-state index contributed by atoms with van der Waals surface area (Å²) in [6.45, 7) is 13.2. The third kappa shape index (κ3) is 6.90. The van der Waals surface area contributed by atoms with Crippen molar-refractivity contribution in [3.8, 4) is 0 Å². The molecule has 12 bridgehead atoms. The number of fused-ring (bicyclic) bond motifs is 6. The number of carbonyl (C=O) groups is 2. The second kappa shape index (κ2) is 14.6. The molecule has 0 aromatic rings. The summed E-state index contributed by atoms with van der Waals surface area (Å²) in [7, 11) is 1.63. The van der Waals surface area contributed by atoms with Crippen LogP contribution in [0.2, 0.25) is 0 Å². The van der Waals surface area contributed by atoms with E-state index >= 15 is 0 Å². The molecule has 0 aliphatic carbocycles. The molecule has 53 heavy (non-hydrogen) atoms. The van der Waals surface area contributed by atoms with Crippen molar-refractivity contribution in [2.24, 2.45) is 11.8 Å². The number of esters is 1. The van der Waals surface area contributed by atoms with Gasteiger partial charge in [-0.2, -0.15) is 0 Å². The van der Waals surface area contributed by atoms with Gasteiger partial charge in [-0.15, -0.1) is 0 Å². The highest BCUT2D eigenvalue weighted by molar-refractivity contribution is 5.79. The average molecular weight is 743 g/mol. The van der Waals surface area contributed by atoms with Crippen LogP contribution in [0, 0.1) is 11.8 Å². The number of hydrogen-bond donors (Lipinski definition) is 0. The molecule has 0 aromatic carbocycles. The van der Waals surface area contributed by atoms with Crippen LogP contribution < -0.4 is 0 Å². The van der Waals surface area contributed by atoms with E-state index in [9.17, 15) is 9.59 Å². The highest BCUT2D eigenvalue weighted by atomic mass is 16.8. The molecule has 10 fully saturated rings. The fourth-order valence-corrected chi connectivity index (χ4v) is 11.3. The van der Waals surface area contributed by atoms with Crippen LogP contribution in [-0.4, -0.2) is 123 Å². The summed E-state index contributed by atoms with van der Waals surface area (Å²) in [6.07, 6.45) is 4.68. The fourth-order valence-electron chi connectivity index (χ4n) is 11.3. The number of carbonyl (C=O) groups excluding carboxylic acids is 2. The summed E-state index contributed by atoms with van der Waals surface area (Å²) < 4.78 is 65.2. The Morgan fingerprint density at radius 3 is 2.36 bits per heavy atom. The Hall–Kier alpha value is -1.74. The van der Waals surface area contributed by atoms with Gasteiger partial charge >= 0.3 is 5.97 Å². The van der Waals surface area contributed by atoms with Crippen molar-refractivity contribution in [3.63, 3.8) is 0 Å². The average Bonchev–Trinajstić information content (AvgIpc) is 3.80. The Morgan fingerprint density at radius 2 is 1.53 bits per heavy atom. The molecule has 0 aromatic heterocycles. The summed E-state index contributed by atoms with van der Waals surface area (Å²) in [6, 6.07) is 0. The predicted molar refractivity (Wildman–Crippen MR) is 188 cm³/mol. The van der Waals surface area contributed by atoms with Gasteiger partial charge in [-0.3, -0.25) is 9.59 Å². The number of ketones is 1. The second-order valence-electron chi connectivity index (χ2n) is 17.3. The lowest BCUT2D eigenvalue weighted by molar-refractivity contribution is -0.292. The lowest BCUT2D eigenvalue weighted by Gasteiger charge is -2.47. The number of ether oxygens (including phenoxy) is 10. The number of hydrogen-bond acceptors (Lipinski definition) is 12. The van der Waals surface area contributed by atoms with E-state index in [2.05, 4.69) is 20.1 Å². The third-order valence-corrected chi connectivity index (χ3v) is 13.9. The molecule has 12 heteroatoms. The van der Waals surface area contributed by atoms with Crippen LogP contribution in [0.1, 0.15) is 97.3 Å². The highest BCUT2D eigenvalue weighted by Crippen LogP contribution is 2.54. The molecule has 0 radical (unpaired) electrons. The van der Waals surface area contributed by atoms with E-state index in [1.165, 1.54) is 0 Å². The molecule has 0 amide bonds. The van der Waals surface area contributed by atoms with Gasteiger partial charge in [-0.05, 0) is 68.9 Å². The molecule has 294 valence electrons. The van der Waals surface area contributed by atoms with Crippen LogP contribution in [0.15, 0.2) is 24.3 Å². The monoisotopic (exact) mass is 742 g/mol. The fraction of sp³-hybridized carbons (Fsp3) is 0.854. The summed E-state index contributed by atoms with van der Waals surface area (Å²) in [4.78, 5) is 26.8. The van der Waals surface area contributed by atoms with Crippen LogP contribution in [0.4, 0.5) is 0 Å². The lowest BCUT2D eigenvalue weighted by atomic mass is 9.81. The molecule has 10 saturated heterocycles. The number of methoxy groups -OCH3 is 1. The molecule has 18 atom stereocenters. The van der Waals surface area contributed by atoms with Gasteiger partial charge in [0.15, 0.2) is 5.79 Å². The van der Waals surface area contributed by atoms with Gasteiger partial charge in [0.2, 0.25) is 0 Å². The van der Waals surface area contributed by atoms with Crippen LogP contribution in [0.3, 0.4) is 0 Å². The smallest absolute Gasteiger partial charge is 0.308 e. The van der Waals surface area contributed by atoms with E-state index in [0.717, 1.165) is 49.7 Å². The molecule has 10 heterocycles. The zero-order valence-electron chi connectivity index (χ0n) is 31.5. The van der Waals surface area contributed by atoms with Gasteiger partial charge in [0.05, 0.1) is 74.1 Å². The second-order valence-corrected chi connectivity index (χ2v) is 17.3. The highest BCUT2D eigenvalue weighted by Gasteiger charge is 2.68. The first-order valence-electron chi connectivity index (χ1n) is 20.4. The Kier molecular flexibility index (Phi) is 10.2. The number of Topliss-reactive ketones (excluding diaryl/α,β-unsaturated/α-hetero) is 1. The SMILES string of the molecule is C=C1C[C@@H]2CC[C@@]34C[C@H]5O[C@H]6[C@@H](O3)[C@H]3O[C@H](CC[C@@H]3O[C@H]6[C@H]5O4)CC(=O)C[C@@H]3[C@@H](OC)[C@@H](CC(=O)OCC)O[C@H]3C[C@H]3O[C@@H](CC[C@@H]1O2)C[C@@H](C)C3=C. The minimum absolute atomic E-state index is 0.0260. The summed E-state index contributed by atoms with van der Waals surface area (Å²) in [5, 5.41) is 0. The molecule has 0 N–H and O–H groups in total. The van der Waals surface area contributed by atoms with E-state index in [-0.39, 0.29) is 129 Å². The van der Waals surface area contributed by atoms with Crippen LogP contribution in [0.25, 0.3) is 0 Å². The molecule has 12 nitrogen and oxygen atoms in total. The van der Waals surface area contributed by atoms with Gasteiger partial charge in [0.1, 0.15) is 36.3 Å². The van der Waals surface area contributed by atoms with Crippen LogP contribution in [0.5, 0.6) is 0 Å². The molecule has 10 aliphatic heterocycles. The van der Waals surface area contributed by atoms with Gasteiger partial charge in [0.25, 0.3) is 0 Å². The summed E-state index contributed by atoms with van der Waals surface area (Å²) >= 11 is 0. The normalized spacial score (nSPS) is 50.8. The van der Waals surface area contributed by atoms with E-state index in [1.54, 1.807) is 14.0 Å². The molecule has 10 aliphatic rings.